The average Bonchev–Trinajstić information content (AvgIpc) is 2.13. The summed E-state index contributed by atoms with van der Waals surface area (Å²) in [5, 5.41) is 2.32. The van der Waals surface area contributed by atoms with E-state index in [9.17, 15) is 13.6 Å². The smallest absolute Gasteiger partial charge is 0.237 e. The third kappa shape index (κ3) is 3.24. The van der Waals surface area contributed by atoms with Crippen LogP contribution in [0.2, 0.25) is 0 Å². The number of rotatable bonds is 2. The highest BCUT2D eigenvalue weighted by molar-refractivity contribution is 9.10. The lowest BCUT2D eigenvalue weighted by Gasteiger charge is -2.08. The molecular weight excluding hydrogens is 336 g/mol. The van der Waals surface area contributed by atoms with Gasteiger partial charge in [0, 0.05) is 6.07 Å². The lowest BCUT2D eigenvalue weighted by atomic mass is 10.3. The van der Waals surface area contributed by atoms with E-state index in [1.807, 2.05) is 0 Å². The van der Waals surface area contributed by atoms with Crippen LogP contribution in [0.1, 0.15) is 6.92 Å². The van der Waals surface area contributed by atoms with E-state index in [-0.39, 0.29) is 10.2 Å². The number of benzene rings is 1. The first-order valence-corrected chi connectivity index (χ1v) is 5.72. The van der Waals surface area contributed by atoms with Crippen LogP contribution >= 0.6 is 31.9 Å². The van der Waals surface area contributed by atoms with E-state index in [0.717, 1.165) is 0 Å². The predicted molar refractivity (Wildman–Crippen MR) is 61.1 cm³/mol. The zero-order valence-corrected chi connectivity index (χ0v) is 10.8. The Morgan fingerprint density at radius 2 is 2.00 bits per heavy atom. The quantitative estimate of drug-likeness (QED) is 0.647. The number of carbonyl (C=O) groups excluding carboxylic acids is 1. The van der Waals surface area contributed by atoms with E-state index in [4.69, 9.17) is 0 Å². The van der Waals surface area contributed by atoms with Gasteiger partial charge in [-0.3, -0.25) is 4.79 Å². The first kappa shape index (κ1) is 12.6. The molecule has 1 amide bonds. The predicted octanol–water partition coefficient (Wildman–Crippen LogP) is 3.45. The molecule has 6 heteroatoms. The molecule has 0 aliphatic rings. The Labute approximate surface area is 102 Å². The Bertz CT molecular complexity index is 396. The number of nitrogens with one attached hydrogen (secondary N) is 1. The molecule has 0 fully saturated rings. The molecule has 0 radical (unpaired) electrons. The minimum absolute atomic E-state index is 0.0559. The highest BCUT2D eigenvalue weighted by Gasteiger charge is 2.13. The van der Waals surface area contributed by atoms with Crippen molar-refractivity contribution in [1.82, 2.24) is 0 Å². The normalized spacial score (nSPS) is 12.3. The van der Waals surface area contributed by atoms with Crippen molar-refractivity contribution in [2.45, 2.75) is 11.8 Å². The molecule has 82 valence electrons. The third-order valence-electron chi connectivity index (χ3n) is 1.63. The fourth-order valence-electron chi connectivity index (χ4n) is 0.851. The molecular formula is C9H7Br2F2NO. The molecule has 0 bridgehead atoms. The van der Waals surface area contributed by atoms with Crippen LogP contribution in [-0.2, 0) is 4.79 Å². The van der Waals surface area contributed by atoms with Gasteiger partial charge in [0.25, 0.3) is 0 Å². The number of hydrogen-bond acceptors (Lipinski definition) is 1. The lowest BCUT2D eigenvalue weighted by Crippen LogP contribution is -2.20. The van der Waals surface area contributed by atoms with E-state index in [1.54, 1.807) is 6.92 Å². The van der Waals surface area contributed by atoms with Crippen LogP contribution < -0.4 is 5.32 Å². The van der Waals surface area contributed by atoms with Crippen molar-refractivity contribution in [2.24, 2.45) is 0 Å². The molecule has 0 saturated heterocycles. The van der Waals surface area contributed by atoms with Gasteiger partial charge in [-0.15, -0.1) is 0 Å². The van der Waals surface area contributed by atoms with Gasteiger partial charge in [-0.05, 0) is 28.9 Å². The summed E-state index contributed by atoms with van der Waals surface area (Å²) in [4.78, 5) is 10.8. The Balaban J connectivity index is 2.96. The molecule has 0 spiro atoms. The number of amides is 1. The molecule has 15 heavy (non-hydrogen) atoms. The Morgan fingerprint density at radius 3 is 2.53 bits per heavy atom. The molecule has 1 aromatic rings. The standard InChI is InChI=1S/C9H7Br2F2NO/c1-4(10)9(15)14-8-2-5(11)6(12)3-7(8)13/h2-4H,1H3,(H,14,15). The lowest BCUT2D eigenvalue weighted by molar-refractivity contribution is -0.115. The van der Waals surface area contributed by atoms with E-state index < -0.39 is 22.4 Å². The third-order valence-corrected chi connectivity index (χ3v) is 2.65. The van der Waals surface area contributed by atoms with Crippen LogP contribution in [0.5, 0.6) is 0 Å². The highest BCUT2D eigenvalue weighted by Crippen LogP contribution is 2.24. The maximum atomic E-state index is 13.2. The second kappa shape index (κ2) is 5.03. The number of carbonyl (C=O) groups is 1. The van der Waals surface area contributed by atoms with Crippen molar-refractivity contribution >= 4 is 43.5 Å². The molecule has 0 saturated carbocycles. The maximum absolute atomic E-state index is 13.2. The fraction of sp³-hybridized carbons (Fsp3) is 0.222. The van der Waals surface area contributed by atoms with Gasteiger partial charge in [-0.1, -0.05) is 15.9 Å². The summed E-state index contributed by atoms with van der Waals surface area (Å²) >= 11 is 5.94. The number of anilines is 1. The molecule has 1 aromatic carbocycles. The van der Waals surface area contributed by atoms with Crippen molar-refractivity contribution in [3.63, 3.8) is 0 Å². The summed E-state index contributed by atoms with van der Waals surface area (Å²) in [6.07, 6.45) is 0. The SMILES string of the molecule is CC(Br)C(=O)Nc1cc(Br)c(F)cc1F. The van der Waals surface area contributed by atoms with Crippen LogP contribution in [-0.4, -0.2) is 10.7 Å². The number of halogens is 4. The zero-order valence-electron chi connectivity index (χ0n) is 7.65. The van der Waals surface area contributed by atoms with Crippen LogP contribution in [0.3, 0.4) is 0 Å². The van der Waals surface area contributed by atoms with E-state index in [2.05, 4.69) is 37.2 Å². The maximum Gasteiger partial charge on any atom is 0.237 e. The van der Waals surface area contributed by atoms with E-state index in [1.165, 1.54) is 6.07 Å². The minimum Gasteiger partial charge on any atom is -0.323 e. The Kier molecular flexibility index (Phi) is 4.21. The van der Waals surface area contributed by atoms with E-state index in [0.29, 0.717) is 6.07 Å². The molecule has 0 heterocycles. The summed E-state index contributed by atoms with van der Waals surface area (Å²) in [7, 11) is 0. The first-order valence-electron chi connectivity index (χ1n) is 4.01. The minimum atomic E-state index is -0.808. The summed E-state index contributed by atoms with van der Waals surface area (Å²) in [6, 6.07) is 1.89. The van der Waals surface area contributed by atoms with Crippen molar-refractivity contribution in [3.05, 3.63) is 28.2 Å². The Morgan fingerprint density at radius 1 is 1.40 bits per heavy atom. The van der Waals surface area contributed by atoms with Crippen LogP contribution in [0.25, 0.3) is 0 Å². The number of alkyl halides is 1. The highest BCUT2D eigenvalue weighted by atomic mass is 79.9. The Hall–Kier alpha value is -0.490. The fourth-order valence-corrected chi connectivity index (χ4v) is 1.31. The summed E-state index contributed by atoms with van der Waals surface area (Å²) in [5.41, 5.74) is -0.0559. The topological polar surface area (TPSA) is 29.1 Å². The summed E-state index contributed by atoms with van der Waals surface area (Å²) < 4.78 is 26.1. The largest absolute Gasteiger partial charge is 0.323 e. The van der Waals surface area contributed by atoms with Crippen molar-refractivity contribution in [3.8, 4) is 0 Å². The first-order chi connectivity index (χ1) is 6.91. The van der Waals surface area contributed by atoms with Gasteiger partial charge in [0.15, 0.2) is 0 Å². The zero-order chi connectivity index (χ0) is 11.6. The van der Waals surface area contributed by atoms with Gasteiger partial charge >= 0.3 is 0 Å². The van der Waals surface area contributed by atoms with Gasteiger partial charge < -0.3 is 5.32 Å². The molecule has 0 aliphatic heterocycles. The van der Waals surface area contributed by atoms with E-state index >= 15 is 0 Å². The number of hydrogen-bond donors (Lipinski definition) is 1. The van der Waals surface area contributed by atoms with Crippen molar-refractivity contribution < 1.29 is 13.6 Å². The van der Waals surface area contributed by atoms with Gasteiger partial charge in [0.05, 0.1) is 15.0 Å². The molecule has 1 unspecified atom stereocenters. The molecule has 0 aliphatic carbocycles. The second-order valence-electron chi connectivity index (χ2n) is 2.85. The van der Waals surface area contributed by atoms with Crippen LogP contribution in [0.15, 0.2) is 16.6 Å². The summed E-state index contributed by atoms with van der Waals surface area (Å²) in [6.45, 7) is 1.60. The average molecular weight is 343 g/mol. The molecule has 1 atom stereocenters. The molecule has 1 N–H and O–H groups in total. The summed E-state index contributed by atoms with van der Waals surface area (Å²) in [5.74, 6) is -1.91. The van der Waals surface area contributed by atoms with Crippen molar-refractivity contribution in [2.75, 3.05) is 5.32 Å². The van der Waals surface area contributed by atoms with Crippen LogP contribution in [0, 0.1) is 11.6 Å². The van der Waals surface area contributed by atoms with Crippen LogP contribution in [0.4, 0.5) is 14.5 Å². The van der Waals surface area contributed by atoms with Gasteiger partial charge in [-0.25, -0.2) is 8.78 Å². The van der Waals surface area contributed by atoms with Gasteiger partial charge in [-0.2, -0.15) is 0 Å². The monoisotopic (exact) mass is 341 g/mol. The van der Waals surface area contributed by atoms with Gasteiger partial charge in [0.2, 0.25) is 5.91 Å². The van der Waals surface area contributed by atoms with Crippen molar-refractivity contribution in [1.29, 1.82) is 0 Å². The molecule has 0 aromatic heterocycles. The molecule has 2 nitrogen and oxygen atoms in total. The molecule has 1 rings (SSSR count). The van der Waals surface area contributed by atoms with Gasteiger partial charge in [0.1, 0.15) is 11.6 Å². The second-order valence-corrected chi connectivity index (χ2v) is 5.08.